The zero-order valence-electron chi connectivity index (χ0n) is 11.2. The third-order valence-electron chi connectivity index (χ3n) is 4.24. The summed E-state index contributed by atoms with van der Waals surface area (Å²) in [5, 5.41) is 18.1. The largest absolute Gasteiger partial charge is 0.481 e. The number of carbonyl (C=O) groups is 3. The lowest BCUT2D eigenvalue weighted by Crippen LogP contribution is -2.49. The van der Waals surface area contributed by atoms with Crippen molar-refractivity contribution in [2.45, 2.75) is 31.7 Å². The lowest BCUT2D eigenvalue weighted by atomic mass is 9.85. The van der Waals surface area contributed by atoms with Gasteiger partial charge in [0, 0.05) is 25.6 Å². The van der Waals surface area contributed by atoms with E-state index in [9.17, 15) is 14.4 Å². The van der Waals surface area contributed by atoms with Gasteiger partial charge in [0.15, 0.2) is 0 Å². The summed E-state index contributed by atoms with van der Waals surface area (Å²) in [5.74, 6) is -4.00. The Hall–Kier alpha value is -1.63. The Kier molecular flexibility index (Phi) is 4.27. The van der Waals surface area contributed by atoms with Gasteiger partial charge < -0.3 is 20.8 Å². The summed E-state index contributed by atoms with van der Waals surface area (Å²) < 4.78 is 0. The number of aliphatic carboxylic acids is 2. The van der Waals surface area contributed by atoms with Crippen molar-refractivity contribution in [2.75, 3.05) is 13.1 Å². The molecule has 0 aromatic rings. The van der Waals surface area contributed by atoms with Gasteiger partial charge in [0.2, 0.25) is 5.91 Å². The number of carbonyl (C=O) groups excluding carboxylic acids is 1. The molecule has 0 aromatic carbocycles. The van der Waals surface area contributed by atoms with E-state index in [2.05, 4.69) is 0 Å². The van der Waals surface area contributed by atoms with Gasteiger partial charge in [-0.15, -0.1) is 0 Å². The van der Waals surface area contributed by atoms with Crippen molar-refractivity contribution in [3.05, 3.63) is 0 Å². The minimum atomic E-state index is -1.17. The van der Waals surface area contributed by atoms with Crippen LogP contribution in [-0.2, 0) is 14.4 Å². The van der Waals surface area contributed by atoms with Crippen molar-refractivity contribution in [3.8, 4) is 0 Å². The van der Waals surface area contributed by atoms with Crippen LogP contribution in [0.3, 0.4) is 0 Å². The number of nitrogens with zero attached hydrogens (tertiary/aromatic N) is 1. The first-order chi connectivity index (χ1) is 9.40. The van der Waals surface area contributed by atoms with Gasteiger partial charge in [-0.25, -0.2) is 0 Å². The van der Waals surface area contributed by atoms with Crippen LogP contribution in [0, 0.1) is 17.8 Å². The molecule has 1 heterocycles. The number of likely N-dealkylation sites (tertiary alicyclic amines) is 1. The van der Waals surface area contributed by atoms with Crippen LogP contribution in [0.4, 0.5) is 0 Å². The molecule has 2 aliphatic rings. The number of hydrogen-bond acceptors (Lipinski definition) is 4. The highest BCUT2D eigenvalue weighted by Crippen LogP contribution is 2.33. The minimum absolute atomic E-state index is 0.0392. The van der Waals surface area contributed by atoms with Gasteiger partial charge in [0.25, 0.3) is 0 Å². The SMILES string of the molecule is NC(CC(=O)N1CCC(C(=O)O)C(C(=O)O)C1)C1CC1. The molecular weight excluding hydrogens is 264 g/mol. The maximum atomic E-state index is 12.1. The maximum absolute atomic E-state index is 12.1. The maximum Gasteiger partial charge on any atom is 0.309 e. The molecule has 7 nitrogen and oxygen atoms in total. The van der Waals surface area contributed by atoms with E-state index < -0.39 is 23.8 Å². The number of rotatable bonds is 5. The van der Waals surface area contributed by atoms with E-state index in [1.165, 1.54) is 4.90 Å². The summed E-state index contributed by atoms with van der Waals surface area (Å²) in [6.45, 7) is 0.249. The lowest BCUT2D eigenvalue weighted by Gasteiger charge is -2.35. The lowest BCUT2D eigenvalue weighted by molar-refractivity contribution is -0.159. The van der Waals surface area contributed by atoms with E-state index in [0.717, 1.165) is 12.8 Å². The van der Waals surface area contributed by atoms with Gasteiger partial charge in [-0.1, -0.05) is 0 Å². The predicted octanol–water partition coefficient (Wildman–Crippen LogP) is -0.252. The Morgan fingerprint density at radius 2 is 1.70 bits per heavy atom. The summed E-state index contributed by atoms with van der Waals surface area (Å²) >= 11 is 0. The van der Waals surface area contributed by atoms with Crippen molar-refractivity contribution in [1.82, 2.24) is 4.90 Å². The average molecular weight is 284 g/mol. The summed E-state index contributed by atoms with van der Waals surface area (Å²) in [4.78, 5) is 35.7. The second-order valence-electron chi connectivity index (χ2n) is 5.72. The molecule has 3 atom stereocenters. The van der Waals surface area contributed by atoms with Crippen LogP contribution in [0.1, 0.15) is 25.7 Å². The van der Waals surface area contributed by atoms with Crippen molar-refractivity contribution in [1.29, 1.82) is 0 Å². The number of carboxylic acid groups (broad SMARTS) is 2. The molecule has 112 valence electrons. The van der Waals surface area contributed by atoms with Crippen LogP contribution >= 0.6 is 0 Å². The molecule has 1 aliphatic carbocycles. The van der Waals surface area contributed by atoms with E-state index >= 15 is 0 Å². The first-order valence-corrected chi connectivity index (χ1v) is 6.89. The molecule has 1 aliphatic heterocycles. The molecule has 1 saturated carbocycles. The van der Waals surface area contributed by atoms with Crippen LogP contribution in [0.25, 0.3) is 0 Å². The highest BCUT2D eigenvalue weighted by molar-refractivity contribution is 5.83. The Labute approximate surface area is 116 Å². The van der Waals surface area contributed by atoms with Crippen molar-refractivity contribution < 1.29 is 24.6 Å². The smallest absolute Gasteiger partial charge is 0.309 e. The predicted molar refractivity (Wildman–Crippen MR) is 68.8 cm³/mol. The van der Waals surface area contributed by atoms with E-state index in [1.54, 1.807) is 0 Å². The third kappa shape index (κ3) is 3.27. The van der Waals surface area contributed by atoms with Gasteiger partial charge >= 0.3 is 11.9 Å². The van der Waals surface area contributed by atoms with Crippen LogP contribution in [0.2, 0.25) is 0 Å². The van der Waals surface area contributed by atoms with Gasteiger partial charge in [-0.05, 0) is 25.2 Å². The fourth-order valence-electron chi connectivity index (χ4n) is 2.75. The Balaban J connectivity index is 1.95. The first kappa shape index (κ1) is 14.8. The van der Waals surface area contributed by atoms with Crippen LogP contribution in [-0.4, -0.2) is 52.1 Å². The summed E-state index contributed by atoms with van der Waals surface area (Å²) in [6.07, 6.45) is 2.49. The molecule has 7 heteroatoms. The molecule has 1 amide bonds. The van der Waals surface area contributed by atoms with Gasteiger partial charge in [-0.2, -0.15) is 0 Å². The zero-order valence-corrected chi connectivity index (χ0v) is 11.2. The topological polar surface area (TPSA) is 121 Å². The summed E-state index contributed by atoms with van der Waals surface area (Å²) in [5.41, 5.74) is 5.90. The molecule has 3 unspecified atom stereocenters. The number of nitrogens with two attached hydrogens (primary N) is 1. The van der Waals surface area contributed by atoms with Crippen molar-refractivity contribution in [3.63, 3.8) is 0 Å². The standard InChI is InChI=1S/C13H20N2O5/c14-10(7-1-2-7)5-11(16)15-4-3-8(12(17)18)9(6-15)13(19)20/h7-10H,1-6,14H2,(H,17,18)(H,19,20). The van der Waals surface area contributed by atoms with E-state index in [-0.39, 0.29) is 37.9 Å². The number of piperidine rings is 1. The van der Waals surface area contributed by atoms with E-state index in [1.807, 2.05) is 0 Å². The van der Waals surface area contributed by atoms with Crippen molar-refractivity contribution >= 4 is 17.8 Å². The number of hydrogen-bond donors (Lipinski definition) is 3. The zero-order chi connectivity index (χ0) is 14.9. The molecule has 0 radical (unpaired) electrons. The van der Waals surface area contributed by atoms with Gasteiger partial charge in [0.05, 0.1) is 11.8 Å². The molecule has 1 saturated heterocycles. The highest BCUT2D eigenvalue weighted by atomic mass is 16.4. The molecule has 20 heavy (non-hydrogen) atoms. The Morgan fingerprint density at radius 3 is 2.20 bits per heavy atom. The fourth-order valence-corrected chi connectivity index (χ4v) is 2.75. The molecule has 0 bridgehead atoms. The van der Waals surface area contributed by atoms with Gasteiger partial charge in [-0.3, -0.25) is 14.4 Å². The third-order valence-corrected chi connectivity index (χ3v) is 4.24. The second kappa shape index (κ2) is 5.78. The molecule has 4 N–H and O–H groups in total. The quantitative estimate of drug-likeness (QED) is 0.640. The van der Waals surface area contributed by atoms with E-state index in [4.69, 9.17) is 15.9 Å². The Morgan fingerprint density at radius 1 is 1.10 bits per heavy atom. The average Bonchev–Trinajstić information content (AvgIpc) is 3.21. The fraction of sp³-hybridized carbons (Fsp3) is 0.769. The van der Waals surface area contributed by atoms with Crippen LogP contribution in [0.5, 0.6) is 0 Å². The second-order valence-corrected chi connectivity index (χ2v) is 5.72. The molecule has 0 aromatic heterocycles. The molecule has 2 fully saturated rings. The highest BCUT2D eigenvalue weighted by Gasteiger charge is 2.40. The van der Waals surface area contributed by atoms with Crippen molar-refractivity contribution in [2.24, 2.45) is 23.5 Å². The minimum Gasteiger partial charge on any atom is -0.481 e. The summed E-state index contributed by atoms with van der Waals surface area (Å²) in [6, 6.07) is -0.164. The normalized spacial score (nSPS) is 27.9. The first-order valence-electron chi connectivity index (χ1n) is 6.89. The summed E-state index contributed by atoms with van der Waals surface area (Å²) in [7, 11) is 0. The van der Waals surface area contributed by atoms with Crippen LogP contribution in [0.15, 0.2) is 0 Å². The monoisotopic (exact) mass is 284 g/mol. The number of amides is 1. The van der Waals surface area contributed by atoms with Gasteiger partial charge in [0.1, 0.15) is 0 Å². The number of carboxylic acids is 2. The van der Waals surface area contributed by atoms with E-state index in [0.29, 0.717) is 5.92 Å². The molecule has 0 spiro atoms. The molecular formula is C13H20N2O5. The Bertz CT molecular complexity index is 421. The molecule has 2 rings (SSSR count). The van der Waals surface area contributed by atoms with Crippen LogP contribution < -0.4 is 5.73 Å².